The van der Waals surface area contributed by atoms with Crippen molar-refractivity contribution in [2.24, 2.45) is 5.92 Å². The Hall–Kier alpha value is -0.870. The van der Waals surface area contributed by atoms with Crippen molar-refractivity contribution in [1.82, 2.24) is 5.32 Å². The van der Waals surface area contributed by atoms with Gasteiger partial charge in [0.2, 0.25) is 0 Å². The molecule has 1 aliphatic rings. The molecule has 0 spiro atoms. The molecular weight excluding hydrogens is 282 g/mol. The zero-order valence-corrected chi connectivity index (χ0v) is 14.1. The number of nitrogens with one attached hydrogen (secondary N) is 1. The van der Waals surface area contributed by atoms with Crippen LogP contribution in [0.15, 0.2) is 24.3 Å². The highest BCUT2D eigenvalue weighted by Crippen LogP contribution is 2.24. The van der Waals surface area contributed by atoms with Crippen LogP contribution >= 0.6 is 0 Å². The number of rotatable bonds is 6. The predicted octanol–water partition coefficient (Wildman–Crippen LogP) is 2.77. The summed E-state index contributed by atoms with van der Waals surface area (Å²) < 4.78 is 23.1. The summed E-state index contributed by atoms with van der Waals surface area (Å²) in [4.78, 5) is 0. The second-order valence-corrected chi connectivity index (χ2v) is 8.82. The Bertz CT molecular complexity index is 549. The minimum atomic E-state index is -2.77. The van der Waals surface area contributed by atoms with Crippen molar-refractivity contribution in [1.29, 1.82) is 0 Å². The van der Waals surface area contributed by atoms with Gasteiger partial charge in [0.05, 0.1) is 11.5 Å². The monoisotopic (exact) mass is 309 g/mol. The van der Waals surface area contributed by atoms with E-state index in [0.29, 0.717) is 29.4 Å². The highest BCUT2D eigenvalue weighted by Gasteiger charge is 2.29. The molecule has 3 nitrogen and oxygen atoms in total. The third kappa shape index (κ3) is 4.82. The summed E-state index contributed by atoms with van der Waals surface area (Å²) in [6.45, 7) is 4.40. The van der Waals surface area contributed by atoms with Gasteiger partial charge in [0.1, 0.15) is 0 Å². The minimum Gasteiger partial charge on any atom is -0.317 e. The molecule has 2 unspecified atom stereocenters. The van der Waals surface area contributed by atoms with Gasteiger partial charge in [0.25, 0.3) is 0 Å². The second-order valence-electron chi connectivity index (χ2n) is 6.59. The number of hydrogen-bond donors (Lipinski definition) is 1. The molecule has 1 N–H and O–H groups in total. The van der Waals surface area contributed by atoms with E-state index in [2.05, 4.69) is 43.4 Å². The van der Waals surface area contributed by atoms with Crippen molar-refractivity contribution >= 4 is 9.84 Å². The summed E-state index contributed by atoms with van der Waals surface area (Å²) >= 11 is 0. The Balaban J connectivity index is 1.93. The molecule has 1 aromatic rings. The van der Waals surface area contributed by atoms with Gasteiger partial charge in [-0.25, -0.2) is 8.42 Å². The number of hydrogen-bond acceptors (Lipinski definition) is 3. The topological polar surface area (TPSA) is 46.2 Å². The molecule has 21 heavy (non-hydrogen) atoms. The maximum absolute atomic E-state index is 11.5. The summed E-state index contributed by atoms with van der Waals surface area (Å²) in [7, 11) is -0.796. The molecule has 1 saturated heterocycles. The van der Waals surface area contributed by atoms with Crippen LogP contribution in [0, 0.1) is 5.92 Å². The molecule has 1 aromatic carbocycles. The van der Waals surface area contributed by atoms with Crippen LogP contribution in [0.1, 0.15) is 43.7 Å². The van der Waals surface area contributed by atoms with Crippen LogP contribution in [0.5, 0.6) is 0 Å². The van der Waals surface area contributed by atoms with Gasteiger partial charge in [-0.2, -0.15) is 0 Å². The summed E-state index contributed by atoms with van der Waals surface area (Å²) in [5.74, 6) is 1.62. The lowest BCUT2D eigenvalue weighted by Crippen LogP contribution is -2.30. The summed E-state index contributed by atoms with van der Waals surface area (Å²) in [5, 5.41) is 3.35. The first-order valence-corrected chi connectivity index (χ1v) is 9.68. The average Bonchev–Trinajstić information content (AvgIpc) is 2.77. The van der Waals surface area contributed by atoms with Crippen molar-refractivity contribution < 1.29 is 8.42 Å². The van der Waals surface area contributed by atoms with Gasteiger partial charge in [0.15, 0.2) is 9.84 Å². The zero-order valence-electron chi connectivity index (χ0n) is 13.3. The molecular formula is C17H27NO2S. The van der Waals surface area contributed by atoms with Gasteiger partial charge < -0.3 is 5.32 Å². The molecule has 2 rings (SSSR count). The molecule has 1 fully saturated rings. The highest BCUT2D eigenvalue weighted by molar-refractivity contribution is 7.91. The van der Waals surface area contributed by atoms with Crippen LogP contribution < -0.4 is 5.32 Å². The van der Waals surface area contributed by atoms with Crippen molar-refractivity contribution in [2.45, 2.75) is 45.1 Å². The molecule has 1 heterocycles. The predicted molar refractivity (Wildman–Crippen MR) is 88.5 cm³/mol. The van der Waals surface area contributed by atoms with Crippen molar-refractivity contribution in [3.63, 3.8) is 0 Å². The normalized spacial score (nSPS) is 22.6. The van der Waals surface area contributed by atoms with E-state index < -0.39 is 9.84 Å². The lowest BCUT2D eigenvalue weighted by atomic mass is 9.93. The third-order valence-corrected chi connectivity index (χ3v) is 6.32. The quantitative estimate of drug-likeness (QED) is 0.879. The van der Waals surface area contributed by atoms with E-state index >= 15 is 0 Å². The number of sulfone groups is 1. The van der Waals surface area contributed by atoms with E-state index in [-0.39, 0.29) is 0 Å². The van der Waals surface area contributed by atoms with E-state index in [1.165, 1.54) is 11.1 Å². The fourth-order valence-electron chi connectivity index (χ4n) is 3.09. The maximum atomic E-state index is 11.5. The highest BCUT2D eigenvalue weighted by atomic mass is 32.2. The summed E-state index contributed by atoms with van der Waals surface area (Å²) in [5.41, 5.74) is 2.68. The van der Waals surface area contributed by atoms with Crippen LogP contribution in [-0.4, -0.2) is 33.0 Å². The van der Waals surface area contributed by atoms with Gasteiger partial charge in [-0.3, -0.25) is 0 Å². The average molecular weight is 309 g/mol. The molecule has 2 atom stereocenters. The van der Waals surface area contributed by atoms with Gasteiger partial charge >= 0.3 is 0 Å². The maximum Gasteiger partial charge on any atom is 0.150 e. The van der Waals surface area contributed by atoms with Gasteiger partial charge in [-0.15, -0.1) is 0 Å². The molecule has 0 amide bonds. The minimum absolute atomic E-state index is 0.322. The van der Waals surface area contributed by atoms with E-state index in [4.69, 9.17) is 0 Å². The lowest BCUT2D eigenvalue weighted by Gasteiger charge is -2.20. The Kier molecular flexibility index (Phi) is 5.44. The number of benzene rings is 1. The van der Waals surface area contributed by atoms with Crippen LogP contribution in [0.3, 0.4) is 0 Å². The van der Waals surface area contributed by atoms with Crippen LogP contribution in [-0.2, 0) is 16.3 Å². The molecule has 0 bridgehead atoms. The Labute approximate surface area is 129 Å². The van der Waals surface area contributed by atoms with E-state index in [9.17, 15) is 8.42 Å². The SMILES string of the molecule is CNC(Cc1ccc(C(C)C)cc1)CC1CCS(=O)(=O)C1. The smallest absolute Gasteiger partial charge is 0.150 e. The molecule has 0 radical (unpaired) electrons. The van der Waals surface area contributed by atoms with E-state index in [1.54, 1.807) is 0 Å². The van der Waals surface area contributed by atoms with Gasteiger partial charge in [-0.05, 0) is 49.3 Å². The first-order valence-electron chi connectivity index (χ1n) is 7.86. The molecule has 0 aliphatic carbocycles. The Morgan fingerprint density at radius 2 is 1.90 bits per heavy atom. The van der Waals surface area contributed by atoms with Crippen LogP contribution in [0.4, 0.5) is 0 Å². The molecule has 0 saturated carbocycles. The van der Waals surface area contributed by atoms with E-state index in [1.807, 2.05) is 7.05 Å². The summed E-state index contributed by atoms with van der Waals surface area (Å²) in [6.07, 6.45) is 2.74. The molecule has 4 heteroatoms. The fraction of sp³-hybridized carbons (Fsp3) is 0.647. The Morgan fingerprint density at radius 3 is 2.38 bits per heavy atom. The van der Waals surface area contributed by atoms with Gasteiger partial charge in [0, 0.05) is 6.04 Å². The zero-order chi connectivity index (χ0) is 15.5. The molecule has 0 aromatic heterocycles. The number of likely N-dealkylation sites (N-methyl/N-ethyl adjacent to an activating group) is 1. The third-order valence-electron chi connectivity index (χ3n) is 4.48. The van der Waals surface area contributed by atoms with Crippen LogP contribution in [0.25, 0.3) is 0 Å². The first-order chi connectivity index (χ1) is 9.89. The largest absolute Gasteiger partial charge is 0.317 e. The van der Waals surface area contributed by atoms with Crippen molar-refractivity contribution in [3.05, 3.63) is 35.4 Å². The fourth-order valence-corrected chi connectivity index (χ4v) is 4.97. The van der Waals surface area contributed by atoms with Crippen LogP contribution in [0.2, 0.25) is 0 Å². The standard InChI is InChI=1S/C17H27NO2S/c1-13(2)16-6-4-14(5-7-16)10-17(18-3)11-15-8-9-21(19,20)12-15/h4-7,13,15,17-18H,8-12H2,1-3H3. The van der Waals surface area contributed by atoms with E-state index in [0.717, 1.165) is 19.3 Å². The van der Waals surface area contributed by atoms with Gasteiger partial charge in [-0.1, -0.05) is 38.1 Å². The van der Waals surface area contributed by atoms with Crippen molar-refractivity contribution in [2.75, 3.05) is 18.6 Å². The van der Waals surface area contributed by atoms with Crippen molar-refractivity contribution in [3.8, 4) is 0 Å². The molecule has 118 valence electrons. The first kappa shape index (κ1) is 16.5. The second kappa shape index (κ2) is 6.93. The Morgan fingerprint density at radius 1 is 1.24 bits per heavy atom. The molecule has 1 aliphatic heterocycles. The lowest BCUT2D eigenvalue weighted by molar-refractivity contribution is 0.424. The summed E-state index contributed by atoms with van der Waals surface area (Å²) in [6, 6.07) is 9.16.